The molecule has 0 radical (unpaired) electrons. The van der Waals surface area contributed by atoms with Gasteiger partial charge >= 0.3 is 0 Å². The minimum atomic E-state index is -0.345. The van der Waals surface area contributed by atoms with E-state index < -0.39 is 0 Å². The quantitative estimate of drug-likeness (QED) is 0.865. The fraction of sp³-hybridized carbons (Fsp3) is 0.125. The Morgan fingerprint density at radius 1 is 1.00 bits per heavy atom. The van der Waals surface area contributed by atoms with Crippen LogP contribution in [-0.4, -0.2) is 18.9 Å². The standard InChI is InChI=1S/C16H14Cl2N2O3/c1-9(21)19-14-8-11(4-6-15(14)23-2)20-16(22)10-3-5-12(17)13(18)7-10/h3-8H,1-2H3,(H,19,21)(H,20,22). The molecule has 0 aliphatic heterocycles. The van der Waals surface area contributed by atoms with Crippen molar-refractivity contribution in [1.82, 2.24) is 0 Å². The number of halogens is 2. The number of nitrogens with one attached hydrogen (secondary N) is 2. The van der Waals surface area contributed by atoms with Crippen LogP contribution >= 0.6 is 23.2 Å². The van der Waals surface area contributed by atoms with Gasteiger partial charge in [-0.1, -0.05) is 23.2 Å². The summed E-state index contributed by atoms with van der Waals surface area (Å²) >= 11 is 11.7. The maximum atomic E-state index is 12.2. The van der Waals surface area contributed by atoms with Crippen LogP contribution in [0.3, 0.4) is 0 Å². The van der Waals surface area contributed by atoms with E-state index in [0.717, 1.165) is 0 Å². The topological polar surface area (TPSA) is 67.4 Å². The molecule has 0 unspecified atom stereocenters. The van der Waals surface area contributed by atoms with Crippen LogP contribution < -0.4 is 15.4 Å². The molecule has 0 saturated heterocycles. The highest BCUT2D eigenvalue weighted by molar-refractivity contribution is 6.42. The van der Waals surface area contributed by atoms with E-state index in [4.69, 9.17) is 27.9 Å². The molecular weight excluding hydrogens is 339 g/mol. The van der Waals surface area contributed by atoms with Crippen molar-refractivity contribution >= 4 is 46.4 Å². The van der Waals surface area contributed by atoms with Gasteiger partial charge in [0.15, 0.2) is 0 Å². The van der Waals surface area contributed by atoms with Gasteiger partial charge in [0.2, 0.25) is 5.91 Å². The van der Waals surface area contributed by atoms with E-state index in [1.54, 1.807) is 30.3 Å². The van der Waals surface area contributed by atoms with Gasteiger partial charge in [-0.2, -0.15) is 0 Å². The summed E-state index contributed by atoms with van der Waals surface area (Å²) in [4.78, 5) is 23.5. The molecule has 0 atom stereocenters. The summed E-state index contributed by atoms with van der Waals surface area (Å²) < 4.78 is 5.16. The lowest BCUT2D eigenvalue weighted by Crippen LogP contribution is -2.13. The first-order chi connectivity index (χ1) is 10.9. The van der Waals surface area contributed by atoms with Crippen LogP contribution in [0.15, 0.2) is 36.4 Å². The molecule has 2 rings (SSSR count). The second kappa shape index (κ2) is 7.35. The van der Waals surface area contributed by atoms with Crippen molar-refractivity contribution in [2.24, 2.45) is 0 Å². The molecule has 5 nitrogen and oxygen atoms in total. The largest absolute Gasteiger partial charge is 0.495 e. The van der Waals surface area contributed by atoms with E-state index in [9.17, 15) is 9.59 Å². The number of benzene rings is 2. The highest BCUT2D eigenvalue weighted by Gasteiger charge is 2.11. The Bertz CT molecular complexity index is 763. The van der Waals surface area contributed by atoms with Gasteiger partial charge in [-0.25, -0.2) is 0 Å². The number of hydrogen-bond acceptors (Lipinski definition) is 3. The predicted octanol–water partition coefficient (Wildman–Crippen LogP) is 4.21. The van der Waals surface area contributed by atoms with E-state index in [1.807, 2.05) is 0 Å². The molecule has 0 bridgehead atoms. The molecule has 7 heteroatoms. The summed E-state index contributed by atoms with van der Waals surface area (Å²) in [6.45, 7) is 1.39. The Morgan fingerprint density at radius 3 is 2.35 bits per heavy atom. The normalized spacial score (nSPS) is 10.1. The van der Waals surface area contributed by atoms with Crippen molar-refractivity contribution in [2.45, 2.75) is 6.92 Å². The van der Waals surface area contributed by atoms with E-state index in [-0.39, 0.29) is 11.8 Å². The van der Waals surface area contributed by atoms with Gasteiger partial charge in [-0.05, 0) is 36.4 Å². The molecule has 120 valence electrons. The van der Waals surface area contributed by atoms with Gasteiger partial charge in [-0.3, -0.25) is 9.59 Å². The smallest absolute Gasteiger partial charge is 0.255 e. The van der Waals surface area contributed by atoms with Gasteiger partial charge in [-0.15, -0.1) is 0 Å². The highest BCUT2D eigenvalue weighted by atomic mass is 35.5. The van der Waals surface area contributed by atoms with E-state index in [1.165, 1.54) is 20.1 Å². The number of amides is 2. The summed E-state index contributed by atoms with van der Waals surface area (Å²) in [6, 6.07) is 9.53. The predicted molar refractivity (Wildman–Crippen MR) is 91.7 cm³/mol. The van der Waals surface area contributed by atoms with Crippen molar-refractivity contribution in [3.63, 3.8) is 0 Å². The molecular formula is C16H14Cl2N2O3. The van der Waals surface area contributed by atoms with Gasteiger partial charge in [0.25, 0.3) is 5.91 Å². The molecule has 0 fully saturated rings. The molecule has 0 heterocycles. The van der Waals surface area contributed by atoms with E-state index in [0.29, 0.717) is 32.7 Å². The van der Waals surface area contributed by atoms with Crippen LogP contribution in [0.5, 0.6) is 5.75 Å². The summed E-state index contributed by atoms with van der Waals surface area (Å²) in [7, 11) is 1.49. The fourth-order valence-electron chi connectivity index (χ4n) is 1.91. The number of rotatable bonds is 4. The number of carbonyl (C=O) groups excluding carboxylic acids is 2. The van der Waals surface area contributed by atoms with Crippen LogP contribution in [0.2, 0.25) is 10.0 Å². The monoisotopic (exact) mass is 352 g/mol. The minimum absolute atomic E-state index is 0.240. The SMILES string of the molecule is COc1ccc(NC(=O)c2ccc(Cl)c(Cl)c2)cc1NC(C)=O. The molecule has 0 aliphatic rings. The van der Waals surface area contributed by atoms with Gasteiger partial charge in [0.1, 0.15) is 5.75 Å². The minimum Gasteiger partial charge on any atom is -0.495 e. The molecule has 2 aromatic carbocycles. The Balaban J connectivity index is 2.23. The summed E-state index contributed by atoms with van der Waals surface area (Å²) in [6.07, 6.45) is 0. The third-order valence-corrected chi connectivity index (χ3v) is 3.69. The van der Waals surface area contributed by atoms with Crippen molar-refractivity contribution in [1.29, 1.82) is 0 Å². The summed E-state index contributed by atoms with van der Waals surface area (Å²) in [5, 5.41) is 6.04. The average Bonchev–Trinajstić information content (AvgIpc) is 2.49. The van der Waals surface area contributed by atoms with E-state index >= 15 is 0 Å². The third-order valence-electron chi connectivity index (χ3n) is 2.95. The van der Waals surface area contributed by atoms with Crippen molar-refractivity contribution in [3.05, 3.63) is 52.0 Å². The molecule has 2 N–H and O–H groups in total. The molecule has 0 saturated carbocycles. The molecule has 2 amide bonds. The Kier molecular flexibility index (Phi) is 5.47. The maximum absolute atomic E-state index is 12.2. The van der Waals surface area contributed by atoms with Crippen LogP contribution in [0, 0.1) is 0 Å². The lowest BCUT2D eigenvalue weighted by Gasteiger charge is -2.12. The zero-order valence-electron chi connectivity index (χ0n) is 12.4. The fourth-order valence-corrected chi connectivity index (χ4v) is 2.21. The zero-order valence-corrected chi connectivity index (χ0v) is 14.0. The maximum Gasteiger partial charge on any atom is 0.255 e. The molecule has 23 heavy (non-hydrogen) atoms. The first-order valence-electron chi connectivity index (χ1n) is 6.62. The number of methoxy groups -OCH3 is 1. The average molecular weight is 353 g/mol. The van der Waals surface area contributed by atoms with Crippen molar-refractivity contribution in [2.75, 3.05) is 17.7 Å². The molecule has 2 aromatic rings. The Morgan fingerprint density at radius 2 is 1.74 bits per heavy atom. The number of carbonyl (C=O) groups is 2. The van der Waals surface area contributed by atoms with Crippen LogP contribution in [0.25, 0.3) is 0 Å². The van der Waals surface area contributed by atoms with Crippen LogP contribution in [0.4, 0.5) is 11.4 Å². The number of ether oxygens (including phenoxy) is 1. The first kappa shape index (κ1) is 17.1. The highest BCUT2D eigenvalue weighted by Crippen LogP contribution is 2.28. The van der Waals surface area contributed by atoms with Gasteiger partial charge < -0.3 is 15.4 Å². The Labute approximate surface area is 143 Å². The van der Waals surface area contributed by atoms with Crippen molar-refractivity contribution in [3.8, 4) is 5.75 Å². The molecule has 0 aromatic heterocycles. The van der Waals surface area contributed by atoms with E-state index in [2.05, 4.69) is 10.6 Å². The summed E-state index contributed by atoms with van der Waals surface area (Å²) in [5.41, 5.74) is 1.34. The first-order valence-corrected chi connectivity index (χ1v) is 7.38. The van der Waals surface area contributed by atoms with Crippen molar-refractivity contribution < 1.29 is 14.3 Å². The second-order valence-electron chi connectivity index (χ2n) is 4.68. The van der Waals surface area contributed by atoms with Gasteiger partial charge in [0, 0.05) is 18.2 Å². The molecule has 0 aliphatic carbocycles. The van der Waals surface area contributed by atoms with Crippen LogP contribution in [0.1, 0.15) is 17.3 Å². The number of hydrogen-bond donors (Lipinski definition) is 2. The third kappa shape index (κ3) is 4.37. The van der Waals surface area contributed by atoms with Crippen LogP contribution in [-0.2, 0) is 4.79 Å². The number of anilines is 2. The second-order valence-corrected chi connectivity index (χ2v) is 5.49. The Hall–Kier alpha value is -2.24. The zero-order chi connectivity index (χ0) is 17.0. The lowest BCUT2D eigenvalue weighted by atomic mass is 10.2. The lowest BCUT2D eigenvalue weighted by molar-refractivity contribution is -0.114. The van der Waals surface area contributed by atoms with Gasteiger partial charge in [0.05, 0.1) is 22.8 Å². The molecule has 0 spiro atoms. The summed E-state index contributed by atoms with van der Waals surface area (Å²) in [5.74, 6) is -0.0912.